The molecule has 1 heterocycles. The molecule has 2 aromatic rings. The number of carbonyl (C=O) groups excluding carboxylic acids is 3. The average Bonchev–Trinajstić information content (AvgIpc) is 2.81. The third-order valence-corrected chi connectivity index (χ3v) is 5.34. The summed E-state index contributed by atoms with van der Waals surface area (Å²) >= 11 is 0. The van der Waals surface area contributed by atoms with Crippen molar-refractivity contribution in [2.75, 3.05) is 18.5 Å². The molecule has 8 heteroatoms. The van der Waals surface area contributed by atoms with Crippen LogP contribution in [0, 0.1) is 0 Å². The minimum atomic E-state index is -0.634. The van der Waals surface area contributed by atoms with E-state index in [-0.39, 0.29) is 18.7 Å². The van der Waals surface area contributed by atoms with Gasteiger partial charge >= 0.3 is 18.0 Å². The van der Waals surface area contributed by atoms with Crippen LogP contribution in [-0.4, -0.2) is 36.1 Å². The number of anilines is 1. The number of nitrogens with zero attached hydrogens (tertiary/aromatic N) is 1. The van der Waals surface area contributed by atoms with Gasteiger partial charge in [-0.25, -0.2) is 14.4 Å². The predicted octanol–water partition coefficient (Wildman–Crippen LogP) is 4.32. The molecule has 4 amide bonds. The summed E-state index contributed by atoms with van der Waals surface area (Å²) in [5.74, 6) is -0.455. The SMILES string of the molecule is CCCN1C(=O)NC(c2ccc(NC(=O)NCc3ccccc3)cc2)C(C(=O)OCC)=C1C. The summed E-state index contributed by atoms with van der Waals surface area (Å²) in [5, 5.41) is 8.51. The maximum Gasteiger partial charge on any atom is 0.338 e. The number of ether oxygens (including phenoxy) is 1. The second-order valence-electron chi connectivity index (χ2n) is 7.67. The van der Waals surface area contributed by atoms with Gasteiger partial charge in [0.15, 0.2) is 0 Å². The second kappa shape index (κ2) is 11.2. The Morgan fingerprint density at radius 2 is 1.76 bits per heavy atom. The van der Waals surface area contributed by atoms with Crippen LogP contribution in [0.4, 0.5) is 15.3 Å². The van der Waals surface area contributed by atoms with Crippen LogP contribution in [0.1, 0.15) is 44.4 Å². The molecule has 174 valence electrons. The summed E-state index contributed by atoms with van der Waals surface area (Å²) in [7, 11) is 0. The highest BCUT2D eigenvalue weighted by Crippen LogP contribution is 2.32. The zero-order valence-corrected chi connectivity index (χ0v) is 19.2. The Labute approximate surface area is 194 Å². The van der Waals surface area contributed by atoms with Crippen LogP contribution >= 0.6 is 0 Å². The van der Waals surface area contributed by atoms with E-state index in [0.29, 0.717) is 30.0 Å². The Morgan fingerprint density at radius 1 is 1.06 bits per heavy atom. The summed E-state index contributed by atoms with van der Waals surface area (Å²) in [4.78, 5) is 39.2. The number of amides is 4. The molecule has 8 nitrogen and oxygen atoms in total. The highest BCUT2D eigenvalue weighted by Gasteiger charge is 2.36. The standard InChI is InChI=1S/C25H30N4O4/c1-4-15-29-17(3)21(23(30)33-5-2)22(28-25(29)32)19-11-13-20(14-12-19)27-24(31)26-16-18-9-7-6-8-10-18/h6-14,22H,4-5,15-16H2,1-3H3,(H,28,32)(H2,26,27,31). The van der Waals surface area contributed by atoms with Crippen LogP contribution in [-0.2, 0) is 16.1 Å². The Hall–Kier alpha value is -3.81. The fourth-order valence-corrected chi connectivity index (χ4v) is 3.71. The third kappa shape index (κ3) is 5.91. The van der Waals surface area contributed by atoms with Crippen molar-refractivity contribution in [3.8, 4) is 0 Å². The number of rotatable bonds is 8. The van der Waals surface area contributed by atoms with E-state index in [9.17, 15) is 14.4 Å². The molecular weight excluding hydrogens is 420 g/mol. The molecule has 3 N–H and O–H groups in total. The monoisotopic (exact) mass is 450 g/mol. The molecule has 1 unspecified atom stereocenters. The van der Waals surface area contributed by atoms with E-state index in [0.717, 1.165) is 17.5 Å². The molecule has 1 atom stereocenters. The third-order valence-electron chi connectivity index (χ3n) is 5.34. The molecule has 0 saturated carbocycles. The fourth-order valence-electron chi connectivity index (χ4n) is 3.71. The Bertz CT molecular complexity index is 1020. The molecule has 0 saturated heterocycles. The first-order valence-corrected chi connectivity index (χ1v) is 11.1. The van der Waals surface area contributed by atoms with Crippen molar-refractivity contribution >= 4 is 23.7 Å². The molecule has 0 bridgehead atoms. The largest absolute Gasteiger partial charge is 0.463 e. The number of hydrogen-bond donors (Lipinski definition) is 3. The van der Waals surface area contributed by atoms with E-state index >= 15 is 0 Å². The van der Waals surface area contributed by atoms with Crippen LogP contribution in [0.2, 0.25) is 0 Å². The highest BCUT2D eigenvalue weighted by molar-refractivity contribution is 5.95. The van der Waals surface area contributed by atoms with Gasteiger partial charge in [-0.3, -0.25) is 4.90 Å². The molecule has 0 aliphatic carbocycles. The summed E-state index contributed by atoms with van der Waals surface area (Å²) in [6, 6.07) is 15.4. The van der Waals surface area contributed by atoms with Gasteiger partial charge in [-0.1, -0.05) is 49.4 Å². The minimum absolute atomic E-state index is 0.241. The van der Waals surface area contributed by atoms with Gasteiger partial charge in [0.05, 0.1) is 18.2 Å². The molecule has 0 radical (unpaired) electrons. The Kier molecular flexibility index (Phi) is 8.07. The molecule has 0 fully saturated rings. The lowest BCUT2D eigenvalue weighted by Gasteiger charge is -2.35. The van der Waals surface area contributed by atoms with E-state index in [4.69, 9.17) is 4.74 Å². The predicted molar refractivity (Wildman–Crippen MR) is 126 cm³/mol. The van der Waals surface area contributed by atoms with Gasteiger partial charge in [0.1, 0.15) is 0 Å². The smallest absolute Gasteiger partial charge is 0.338 e. The first-order valence-electron chi connectivity index (χ1n) is 11.1. The quantitative estimate of drug-likeness (QED) is 0.522. The van der Waals surface area contributed by atoms with Gasteiger partial charge < -0.3 is 20.7 Å². The van der Waals surface area contributed by atoms with Crippen molar-refractivity contribution in [2.24, 2.45) is 0 Å². The summed E-state index contributed by atoms with van der Waals surface area (Å²) in [6.07, 6.45) is 0.762. The van der Waals surface area contributed by atoms with Gasteiger partial charge in [-0.15, -0.1) is 0 Å². The maximum atomic E-state index is 12.7. The normalized spacial score (nSPS) is 15.7. The first kappa shape index (κ1) is 23.8. The minimum Gasteiger partial charge on any atom is -0.463 e. The highest BCUT2D eigenvalue weighted by atomic mass is 16.5. The van der Waals surface area contributed by atoms with Crippen LogP contribution in [0.3, 0.4) is 0 Å². The summed E-state index contributed by atoms with van der Waals surface area (Å²) < 4.78 is 5.26. The van der Waals surface area contributed by atoms with Crippen molar-refractivity contribution in [3.05, 3.63) is 77.0 Å². The van der Waals surface area contributed by atoms with Crippen LogP contribution in [0.15, 0.2) is 65.9 Å². The van der Waals surface area contributed by atoms with Crippen LogP contribution < -0.4 is 16.0 Å². The molecule has 1 aliphatic heterocycles. The number of carbonyl (C=O) groups is 3. The van der Waals surface area contributed by atoms with E-state index in [2.05, 4.69) is 16.0 Å². The lowest BCUT2D eigenvalue weighted by Crippen LogP contribution is -2.48. The van der Waals surface area contributed by atoms with E-state index < -0.39 is 12.0 Å². The first-order chi connectivity index (χ1) is 15.9. The van der Waals surface area contributed by atoms with Crippen molar-refractivity contribution in [2.45, 2.75) is 39.8 Å². The van der Waals surface area contributed by atoms with Crippen LogP contribution in [0.25, 0.3) is 0 Å². The fraction of sp³-hybridized carbons (Fsp3) is 0.320. The molecule has 0 aromatic heterocycles. The molecule has 3 rings (SSSR count). The average molecular weight is 451 g/mol. The summed E-state index contributed by atoms with van der Waals surface area (Å²) in [6.45, 7) is 6.65. The number of allylic oxidation sites excluding steroid dienone is 1. The van der Waals surface area contributed by atoms with E-state index in [1.54, 1.807) is 43.0 Å². The number of nitrogens with one attached hydrogen (secondary N) is 3. The zero-order chi connectivity index (χ0) is 23.8. The van der Waals surface area contributed by atoms with Crippen molar-refractivity contribution < 1.29 is 19.1 Å². The van der Waals surface area contributed by atoms with Crippen molar-refractivity contribution in [1.29, 1.82) is 0 Å². The van der Waals surface area contributed by atoms with Gasteiger partial charge in [0, 0.05) is 24.5 Å². The Morgan fingerprint density at radius 3 is 2.39 bits per heavy atom. The van der Waals surface area contributed by atoms with Crippen molar-refractivity contribution in [3.63, 3.8) is 0 Å². The van der Waals surface area contributed by atoms with E-state index in [1.807, 2.05) is 37.3 Å². The number of esters is 1. The van der Waals surface area contributed by atoms with Crippen molar-refractivity contribution in [1.82, 2.24) is 15.5 Å². The number of urea groups is 2. The number of benzene rings is 2. The van der Waals surface area contributed by atoms with Crippen LogP contribution in [0.5, 0.6) is 0 Å². The van der Waals surface area contributed by atoms with E-state index in [1.165, 1.54) is 0 Å². The molecule has 2 aromatic carbocycles. The lowest BCUT2D eigenvalue weighted by molar-refractivity contribution is -0.139. The topological polar surface area (TPSA) is 99.8 Å². The van der Waals surface area contributed by atoms with Gasteiger partial charge in [-0.2, -0.15) is 0 Å². The second-order valence-corrected chi connectivity index (χ2v) is 7.67. The lowest BCUT2D eigenvalue weighted by atomic mass is 9.94. The Balaban J connectivity index is 1.74. The molecule has 1 aliphatic rings. The summed E-state index contributed by atoms with van der Waals surface area (Å²) in [5.41, 5.74) is 3.31. The maximum absolute atomic E-state index is 12.7. The van der Waals surface area contributed by atoms with Gasteiger partial charge in [0.25, 0.3) is 0 Å². The molecule has 33 heavy (non-hydrogen) atoms. The molecular formula is C25H30N4O4. The molecule has 0 spiro atoms. The number of hydrogen-bond acceptors (Lipinski definition) is 4. The van der Waals surface area contributed by atoms with Gasteiger partial charge in [-0.05, 0) is 43.5 Å². The van der Waals surface area contributed by atoms with Gasteiger partial charge in [0.2, 0.25) is 0 Å². The zero-order valence-electron chi connectivity index (χ0n) is 19.2.